The van der Waals surface area contributed by atoms with Gasteiger partial charge in [0.05, 0.1) is 11.8 Å². The van der Waals surface area contributed by atoms with Crippen LogP contribution in [-0.2, 0) is 14.4 Å². The number of guanidine groups is 1. The van der Waals surface area contributed by atoms with Crippen LogP contribution < -0.4 is 4.90 Å². The molecular formula is C14H9BrF3N3O3. The van der Waals surface area contributed by atoms with Crippen molar-refractivity contribution in [3.8, 4) is 0 Å². The van der Waals surface area contributed by atoms with E-state index in [1.165, 1.54) is 0 Å². The molecule has 0 N–H and O–H groups in total. The van der Waals surface area contributed by atoms with E-state index in [-0.39, 0.29) is 5.96 Å². The molecule has 2 aliphatic rings. The third-order valence-corrected chi connectivity index (χ3v) is 3.95. The van der Waals surface area contributed by atoms with Gasteiger partial charge in [-0.3, -0.25) is 14.4 Å². The minimum absolute atomic E-state index is 0.336. The first kappa shape index (κ1) is 17.9. The topological polar surface area (TPSA) is 70.1 Å². The number of rotatable bonds is 1. The molecule has 2 heterocycles. The quantitative estimate of drug-likeness (QED) is 0.534. The molecule has 0 fully saturated rings. The Morgan fingerprint density at radius 1 is 1.17 bits per heavy atom. The molecule has 1 aromatic carbocycles. The molecule has 0 unspecified atom stereocenters. The van der Waals surface area contributed by atoms with E-state index in [0.717, 1.165) is 14.9 Å². The molecule has 0 atom stereocenters. The lowest BCUT2D eigenvalue weighted by Crippen LogP contribution is -2.49. The average molecular weight is 404 g/mol. The molecule has 6 nitrogen and oxygen atoms in total. The third kappa shape index (κ3) is 3.09. The van der Waals surface area contributed by atoms with Crippen LogP contribution in [0.1, 0.15) is 5.56 Å². The van der Waals surface area contributed by atoms with Crippen molar-refractivity contribution in [1.82, 2.24) is 4.90 Å². The highest BCUT2D eigenvalue weighted by Crippen LogP contribution is 2.29. The summed E-state index contributed by atoms with van der Waals surface area (Å²) >= 11 is 3.33. The van der Waals surface area contributed by atoms with Gasteiger partial charge in [-0.25, -0.2) is 18.6 Å². The van der Waals surface area contributed by atoms with Gasteiger partial charge in [0, 0.05) is 4.47 Å². The Morgan fingerprint density at radius 3 is 2.38 bits per heavy atom. The lowest BCUT2D eigenvalue weighted by molar-refractivity contribution is -0.139. The van der Waals surface area contributed by atoms with Gasteiger partial charge < -0.3 is 0 Å². The number of hydrogen-bond donors (Lipinski definition) is 0. The zero-order valence-corrected chi connectivity index (χ0v) is 13.7. The summed E-state index contributed by atoms with van der Waals surface area (Å²) in [5.41, 5.74) is 1.22. The number of nitrogens with zero attached hydrogens (tertiary/aromatic N) is 3. The average Bonchev–Trinajstić information content (AvgIpc) is 2.79. The Labute approximate surface area is 142 Å². The Bertz CT molecular complexity index is 795. The molecule has 1 aromatic rings. The van der Waals surface area contributed by atoms with Crippen molar-refractivity contribution in [2.45, 2.75) is 6.92 Å². The maximum Gasteiger partial charge on any atom is 0.339 e. The van der Waals surface area contributed by atoms with E-state index in [9.17, 15) is 27.6 Å². The predicted molar refractivity (Wildman–Crippen MR) is 81.9 cm³/mol. The van der Waals surface area contributed by atoms with Crippen LogP contribution in [0.15, 0.2) is 39.7 Å². The van der Waals surface area contributed by atoms with Gasteiger partial charge in [-0.2, -0.15) is 9.38 Å². The van der Waals surface area contributed by atoms with Gasteiger partial charge in [-0.15, -0.1) is 0 Å². The SMILES string of the molecule is Cc1cc(N2C(=O)C=C(F)N3C(=O)C(=O)N=C32)ccc1Br.FCF. The first-order valence-corrected chi connectivity index (χ1v) is 7.17. The van der Waals surface area contributed by atoms with Crippen LogP contribution >= 0.6 is 15.9 Å². The summed E-state index contributed by atoms with van der Waals surface area (Å²) in [5, 5.41) is 0. The summed E-state index contributed by atoms with van der Waals surface area (Å²) in [4.78, 5) is 40.0. The first-order chi connectivity index (χ1) is 11.3. The third-order valence-electron chi connectivity index (χ3n) is 3.06. The highest BCUT2D eigenvalue weighted by molar-refractivity contribution is 9.10. The molecule has 0 spiro atoms. The normalized spacial score (nSPS) is 16.5. The van der Waals surface area contributed by atoms with Crippen molar-refractivity contribution in [2.24, 2.45) is 4.99 Å². The molecule has 0 saturated carbocycles. The van der Waals surface area contributed by atoms with Crippen LogP contribution in [0.5, 0.6) is 0 Å². The van der Waals surface area contributed by atoms with Crippen LogP contribution in [0.4, 0.5) is 18.9 Å². The van der Waals surface area contributed by atoms with E-state index in [0.29, 0.717) is 16.7 Å². The Kier molecular flexibility index (Phi) is 5.17. The second kappa shape index (κ2) is 6.95. The molecule has 0 saturated heterocycles. The summed E-state index contributed by atoms with van der Waals surface area (Å²) in [6.45, 7) is 0.0585. The second-order valence-electron chi connectivity index (χ2n) is 4.53. The number of anilines is 1. The standard InChI is InChI=1S/C13H7BrFN3O3.CH2F2/c1-6-4-7(2-3-8(6)14)17-10(19)5-9(15)18-12(21)11(20)16-13(17)18;2-1-3/h2-5H,1H3;1H2. The smallest absolute Gasteiger partial charge is 0.269 e. The number of aliphatic imine (C=N–C) groups is 1. The summed E-state index contributed by atoms with van der Waals surface area (Å²) < 4.78 is 33.8. The number of carbonyl (C=O) groups is 3. The summed E-state index contributed by atoms with van der Waals surface area (Å²) in [7, 11) is 0. The number of carbonyl (C=O) groups excluding carboxylic acids is 3. The van der Waals surface area contributed by atoms with Gasteiger partial charge >= 0.3 is 11.8 Å². The number of hydrogen-bond acceptors (Lipinski definition) is 3. The van der Waals surface area contributed by atoms with E-state index >= 15 is 0 Å². The Balaban J connectivity index is 0.000000647. The van der Waals surface area contributed by atoms with Gasteiger partial charge in [0.15, 0.2) is 0 Å². The maximum absolute atomic E-state index is 13.7. The number of halogens is 4. The lowest BCUT2D eigenvalue weighted by Gasteiger charge is -2.29. The largest absolute Gasteiger partial charge is 0.339 e. The zero-order valence-electron chi connectivity index (χ0n) is 12.1. The summed E-state index contributed by atoms with van der Waals surface area (Å²) in [6.07, 6.45) is 0.646. The fourth-order valence-electron chi connectivity index (χ4n) is 2.06. The monoisotopic (exact) mass is 403 g/mol. The number of amides is 3. The Morgan fingerprint density at radius 2 is 1.79 bits per heavy atom. The molecule has 24 heavy (non-hydrogen) atoms. The van der Waals surface area contributed by atoms with Crippen molar-refractivity contribution >= 4 is 45.3 Å². The molecule has 3 amide bonds. The van der Waals surface area contributed by atoms with Crippen molar-refractivity contribution in [3.05, 3.63) is 40.3 Å². The molecule has 126 valence electrons. The van der Waals surface area contributed by atoms with Crippen LogP contribution in [0, 0.1) is 6.92 Å². The highest BCUT2D eigenvalue weighted by atomic mass is 79.9. The molecule has 0 radical (unpaired) electrons. The van der Waals surface area contributed by atoms with Crippen LogP contribution in [0.3, 0.4) is 0 Å². The minimum atomic E-state index is -1.75. The highest BCUT2D eigenvalue weighted by Gasteiger charge is 2.44. The fraction of sp³-hybridized carbons (Fsp3) is 0.143. The van der Waals surface area contributed by atoms with Gasteiger partial charge in [0.1, 0.15) is 0 Å². The van der Waals surface area contributed by atoms with E-state index in [1.54, 1.807) is 18.2 Å². The van der Waals surface area contributed by atoms with E-state index < -0.39 is 30.6 Å². The van der Waals surface area contributed by atoms with E-state index in [2.05, 4.69) is 20.9 Å². The number of benzene rings is 1. The molecule has 10 heteroatoms. The molecule has 0 aliphatic carbocycles. The number of aryl methyl sites for hydroxylation is 1. The predicted octanol–water partition coefficient (Wildman–Crippen LogP) is 2.52. The summed E-state index contributed by atoms with van der Waals surface area (Å²) in [5.74, 6) is -4.39. The van der Waals surface area contributed by atoms with Crippen molar-refractivity contribution < 1.29 is 27.6 Å². The van der Waals surface area contributed by atoms with Gasteiger partial charge in [0.2, 0.25) is 18.8 Å². The van der Waals surface area contributed by atoms with Gasteiger partial charge in [-0.1, -0.05) is 15.9 Å². The van der Waals surface area contributed by atoms with Crippen LogP contribution in [0.2, 0.25) is 0 Å². The number of alkyl halides is 2. The number of fused-ring (bicyclic) bond motifs is 1. The molecular weight excluding hydrogens is 395 g/mol. The minimum Gasteiger partial charge on any atom is -0.269 e. The van der Waals surface area contributed by atoms with Gasteiger partial charge in [0.25, 0.3) is 5.91 Å². The van der Waals surface area contributed by atoms with Crippen LogP contribution in [0.25, 0.3) is 0 Å². The molecule has 0 bridgehead atoms. The van der Waals surface area contributed by atoms with E-state index in [1.807, 2.05) is 6.92 Å². The van der Waals surface area contributed by atoms with Crippen molar-refractivity contribution in [3.63, 3.8) is 0 Å². The van der Waals surface area contributed by atoms with Crippen molar-refractivity contribution in [2.75, 3.05) is 11.8 Å². The summed E-state index contributed by atoms with van der Waals surface area (Å²) in [6, 6.07) is 4.96. The molecule has 2 aliphatic heterocycles. The van der Waals surface area contributed by atoms with Gasteiger partial charge in [-0.05, 0) is 30.7 Å². The Hall–Kier alpha value is -2.49. The molecule has 3 rings (SSSR count). The fourth-order valence-corrected chi connectivity index (χ4v) is 2.30. The van der Waals surface area contributed by atoms with E-state index in [4.69, 9.17) is 0 Å². The van der Waals surface area contributed by atoms with Crippen molar-refractivity contribution in [1.29, 1.82) is 0 Å². The lowest BCUT2D eigenvalue weighted by atomic mass is 10.2. The maximum atomic E-state index is 13.7. The van der Waals surface area contributed by atoms with Crippen LogP contribution in [-0.4, -0.2) is 35.5 Å². The first-order valence-electron chi connectivity index (χ1n) is 6.38. The second-order valence-corrected chi connectivity index (χ2v) is 5.39. The zero-order chi connectivity index (χ0) is 18.0. The molecule has 0 aromatic heterocycles.